The summed E-state index contributed by atoms with van der Waals surface area (Å²) in [7, 11) is 0. The van der Waals surface area contributed by atoms with E-state index >= 15 is 0 Å². The van der Waals surface area contributed by atoms with Gasteiger partial charge in [0.05, 0.1) is 22.7 Å². The van der Waals surface area contributed by atoms with Crippen LogP contribution in [0.25, 0.3) is 0 Å². The molecule has 0 saturated carbocycles. The summed E-state index contributed by atoms with van der Waals surface area (Å²) in [5, 5.41) is 0. The minimum Gasteiger partial charge on any atom is -0.272 e. The zero-order valence-electron chi connectivity index (χ0n) is 8.03. The number of hydrogen-bond acceptors (Lipinski definition) is 4. The van der Waals surface area contributed by atoms with Gasteiger partial charge >= 0.3 is 0 Å². The van der Waals surface area contributed by atoms with Gasteiger partial charge in [0, 0.05) is 0 Å². The van der Waals surface area contributed by atoms with Crippen LogP contribution in [0.4, 0.5) is 0 Å². The van der Waals surface area contributed by atoms with Crippen LogP contribution in [0.15, 0.2) is 9.33 Å². The number of thioether (sulfide) groups is 1. The third kappa shape index (κ3) is 1.62. The highest BCUT2D eigenvalue weighted by molar-refractivity contribution is 8.00. The third-order valence-electron chi connectivity index (χ3n) is 2.03. The Kier molecular flexibility index (Phi) is 2.69. The fraction of sp³-hybridized carbons (Fsp3) is 0.444. The van der Waals surface area contributed by atoms with Crippen molar-refractivity contribution in [3.05, 3.63) is 10.6 Å². The topological polar surface area (TPSA) is 42.3 Å². The summed E-state index contributed by atoms with van der Waals surface area (Å²) in [6.07, 6.45) is 3.17. The molecule has 1 aromatic heterocycles. The molecular weight excluding hydrogens is 216 g/mol. The zero-order valence-corrected chi connectivity index (χ0v) is 9.67. The molecule has 0 aromatic carbocycles. The predicted molar refractivity (Wildman–Crippen MR) is 59.4 cm³/mol. The molecule has 14 heavy (non-hydrogen) atoms. The number of fused-ring (bicyclic) bond motifs is 1. The Labute approximate surface area is 90.7 Å². The smallest absolute Gasteiger partial charge is 0.252 e. The van der Waals surface area contributed by atoms with Crippen LogP contribution in [-0.4, -0.2) is 22.9 Å². The van der Waals surface area contributed by atoms with Crippen molar-refractivity contribution in [1.82, 2.24) is 4.98 Å². The van der Waals surface area contributed by atoms with Crippen LogP contribution in [0.2, 0.25) is 0 Å². The van der Waals surface area contributed by atoms with E-state index in [9.17, 15) is 4.79 Å². The molecule has 0 unspecified atom stereocenters. The van der Waals surface area contributed by atoms with Gasteiger partial charge in [0.15, 0.2) is 4.34 Å². The highest BCUT2D eigenvalue weighted by Crippen LogP contribution is 2.29. The molecule has 0 atom stereocenters. The molecule has 1 aliphatic rings. The quantitative estimate of drug-likeness (QED) is 0.726. The lowest BCUT2D eigenvalue weighted by atomic mass is 10.1. The largest absolute Gasteiger partial charge is 0.272 e. The average molecular weight is 226 g/mol. The maximum atomic E-state index is 11.3. The highest BCUT2D eigenvalue weighted by Gasteiger charge is 2.22. The van der Waals surface area contributed by atoms with E-state index in [2.05, 4.69) is 9.98 Å². The number of rotatable bonds is 2. The molecule has 2 heterocycles. The number of nitrogens with zero attached hydrogens (tertiary/aromatic N) is 2. The average Bonchev–Trinajstić information content (AvgIpc) is 2.59. The maximum absolute atomic E-state index is 11.3. The van der Waals surface area contributed by atoms with Crippen molar-refractivity contribution in [2.75, 3.05) is 6.26 Å². The molecule has 2 rings (SSSR count). The van der Waals surface area contributed by atoms with Crippen LogP contribution in [0.3, 0.4) is 0 Å². The molecule has 0 radical (unpaired) electrons. The van der Waals surface area contributed by atoms with Crippen LogP contribution in [0.5, 0.6) is 0 Å². The monoisotopic (exact) mass is 226 g/mol. The van der Waals surface area contributed by atoms with Crippen LogP contribution in [0, 0.1) is 0 Å². The van der Waals surface area contributed by atoms with E-state index in [4.69, 9.17) is 0 Å². The van der Waals surface area contributed by atoms with Crippen molar-refractivity contribution in [3.8, 4) is 0 Å². The van der Waals surface area contributed by atoms with E-state index in [0.717, 1.165) is 27.0 Å². The summed E-state index contributed by atoms with van der Waals surface area (Å²) >= 11 is 3.26. The third-order valence-corrected chi connectivity index (χ3v) is 4.16. The second kappa shape index (κ2) is 3.82. The highest BCUT2D eigenvalue weighted by atomic mass is 32.2. The van der Waals surface area contributed by atoms with Crippen LogP contribution < -0.4 is 0 Å². The summed E-state index contributed by atoms with van der Waals surface area (Å²) in [4.78, 5) is 20.8. The van der Waals surface area contributed by atoms with E-state index in [-0.39, 0.29) is 5.91 Å². The second-order valence-corrected chi connectivity index (χ2v) is 4.99. The van der Waals surface area contributed by atoms with Crippen LogP contribution >= 0.6 is 23.1 Å². The number of amides is 1. The minimum atomic E-state index is -0.0627. The maximum Gasteiger partial charge on any atom is 0.252 e. The molecule has 0 spiro atoms. The van der Waals surface area contributed by atoms with E-state index in [1.165, 1.54) is 0 Å². The molecule has 0 saturated heterocycles. The van der Waals surface area contributed by atoms with Gasteiger partial charge in [0.1, 0.15) is 0 Å². The van der Waals surface area contributed by atoms with Gasteiger partial charge in [-0.05, 0) is 12.7 Å². The summed E-state index contributed by atoms with van der Waals surface area (Å²) < 4.78 is 1.02. The molecular formula is C9H10N2OS2. The van der Waals surface area contributed by atoms with E-state index < -0.39 is 0 Å². The van der Waals surface area contributed by atoms with Crippen molar-refractivity contribution in [2.45, 2.75) is 24.1 Å². The fourth-order valence-electron chi connectivity index (χ4n) is 1.39. The molecule has 0 aliphatic carbocycles. The van der Waals surface area contributed by atoms with Gasteiger partial charge in [0.25, 0.3) is 5.91 Å². The van der Waals surface area contributed by atoms with E-state index in [0.29, 0.717) is 6.42 Å². The SMILES string of the molecule is CCC1=NC(=O)Cc2nc(SC)sc21. The van der Waals surface area contributed by atoms with Gasteiger partial charge in [-0.1, -0.05) is 18.7 Å². The Morgan fingerprint density at radius 1 is 1.57 bits per heavy atom. The Morgan fingerprint density at radius 2 is 2.36 bits per heavy atom. The number of aromatic nitrogens is 1. The van der Waals surface area contributed by atoms with Gasteiger partial charge in [-0.3, -0.25) is 4.79 Å². The van der Waals surface area contributed by atoms with Crippen molar-refractivity contribution < 1.29 is 4.79 Å². The number of thiazole rings is 1. The molecule has 1 amide bonds. The Bertz CT molecular complexity index is 409. The standard InChI is InChI=1S/C9H10N2OS2/c1-3-5-8-6(4-7(12)10-5)11-9(13-2)14-8/h3-4H2,1-2H3. The first-order valence-electron chi connectivity index (χ1n) is 4.39. The molecule has 1 aromatic rings. The Balaban J connectivity index is 2.48. The molecule has 3 nitrogen and oxygen atoms in total. The molecule has 0 N–H and O–H groups in total. The second-order valence-electron chi connectivity index (χ2n) is 2.94. The van der Waals surface area contributed by atoms with Gasteiger partial charge < -0.3 is 0 Å². The molecule has 74 valence electrons. The lowest BCUT2D eigenvalue weighted by Crippen LogP contribution is -2.14. The molecule has 5 heteroatoms. The minimum absolute atomic E-state index is 0.0627. The van der Waals surface area contributed by atoms with Gasteiger partial charge in [-0.2, -0.15) is 0 Å². The van der Waals surface area contributed by atoms with Crippen LogP contribution in [0.1, 0.15) is 23.9 Å². The number of carbonyl (C=O) groups excluding carboxylic acids is 1. The van der Waals surface area contributed by atoms with Crippen molar-refractivity contribution >= 4 is 34.7 Å². The lowest BCUT2D eigenvalue weighted by Gasteiger charge is -2.07. The summed E-state index contributed by atoms with van der Waals surface area (Å²) in [6, 6.07) is 0. The summed E-state index contributed by atoms with van der Waals surface area (Å²) in [5.74, 6) is -0.0627. The van der Waals surface area contributed by atoms with Gasteiger partial charge in [0.2, 0.25) is 0 Å². The van der Waals surface area contributed by atoms with Crippen LogP contribution in [-0.2, 0) is 11.2 Å². The number of carbonyl (C=O) groups is 1. The van der Waals surface area contributed by atoms with Crippen molar-refractivity contribution in [1.29, 1.82) is 0 Å². The van der Waals surface area contributed by atoms with Crippen molar-refractivity contribution in [3.63, 3.8) is 0 Å². The van der Waals surface area contributed by atoms with Crippen molar-refractivity contribution in [2.24, 2.45) is 4.99 Å². The molecule has 0 bridgehead atoms. The van der Waals surface area contributed by atoms with E-state index in [1.54, 1.807) is 23.1 Å². The van der Waals surface area contributed by atoms with Gasteiger partial charge in [-0.25, -0.2) is 9.98 Å². The summed E-state index contributed by atoms with van der Waals surface area (Å²) in [6.45, 7) is 2.01. The first kappa shape index (κ1) is 9.86. The first-order chi connectivity index (χ1) is 6.74. The Morgan fingerprint density at radius 3 is 3.00 bits per heavy atom. The Hall–Kier alpha value is -0.680. The zero-order chi connectivity index (χ0) is 10.1. The number of hydrogen-bond donors (Lipinski definition) is 0. The fourth-order valence-corrected chi connectivity index (χ4v) is 3.04. The number of aliphatic imine (C=N–C) groups is 1. The van der Waals surface area contributed by atoms with E-state index in [1.807, 2.05) is 13.2 Å². The molecule has 1 aliphatic heterocycles. The first-order valence-corrected chi connectivity index (χ1v) is 6.43. The lowest BCUT2D eigenvalue weighted by molar-refractivity contribution is -0.117. The summed E-state index contributed by atoms with van der Waals surface area (Å²) in [5.41, 5.74) is 1.81. The molecule has 0 fully saturated rings. The normalized spacial score (nSPS) is 15.3. The van der Waals surface area contributed by atoms with Gasteiger partial charge in [-0.15, -0.1) is 11.3 Å². The predicted octanol–water partition coefficient (Wildman–Crippen LogP) is 2.15.